The van der Waals surface area contributed by atoms with Gasteiger partial charge in [0, 0.05) is 26.2 Å². The molecule has 0 heterocycles. The van der Waals surface area contributed by atoms with Crippen LogP contribution in [-0.2, 0) is 20.7 Å². The van der Waals surface area contributed by atoms with E-state index in [0.717, 1.165) is 18.4 Å². The second kappa shape index (κ2) is 12.6. The van der Waals surface area contributed by atoms with Gasteiger partial charge in [0.05, 0.1) is 12.6 Å². The smallest absolute Gasteiger partial charge is 0.237 e. The lowest BCUT2D eigenvalue weighted by Gasteiger charge is -2.12. The van der Waals surface area contributed by atoms with Crippen LogP contribution in [0.2, 0.25) is 0 Å². The molecule has 1 aromatic rings. The zero-order valence-electron chi connectivity index (χ0n) is 14.1. The SMILES string of the molecule is NC(Cc1ccccc1)C(=O)NCC(=O)CCCCOCCCO. The van der Waals surface area contributed by atoms with Crippen LogP contribution in [-0.4, -0.2) is 49.2 Å². The number of nitrogens with two attached hydrogens (primary N) is 1. The summed E-state index contributed by atoms with van der Waals surface area (Å²) in [6.07, 6.45) is 3.01. The lowest BCUT2D eigenvalue weighted by molar-refractivity contribution is -0.126. The number of carbonyl (C=O) groups is 2. The van der Waals surface area contributed by atoms with Crippen LogP contribution in [0.1, 0.15) is 31.2 Å². The fraction of sp³-hybridized carbons (Fsp3) is 0.556. The summed E-state index contributed by atoms with van der Waals surface area (Å²) < 4.78 is 5.28. The molecule has 0 aliphatic carbocycles. The fourth-order valence-electron chi connectivity index (χ4n) is 2.16. The third-order valence-electron chi connectivity index (χ3n) is 3.54. The summed E-state index contributed by atoms with van der Waals surface area (Å²) in [4.78, 5) is 23.6. The number of aliphatic hydroxyl groups is 1. The van der Waals surface area contributed by atoms with E-state index in [0.29, 0.717) is 32.5 Å². The summed E-state index contributed by atoms with van der Waals surface area (Å²) in [6.45, 7) is 1.28. The van der Waals surface area contributed by atoms with Crippen molar-refractivity contribution in [1.82, 2.24) is 5.32 Å². The van der Waals surface area contributed by atoms with E-state index in [1.807, 2.05) is 30.3 Å². The Balaban J connectivity index is 2.09. The Kier molecular flexibility index (Phi) is 10.7. The van der Waals surface area contributed by atoms with E-state index in [9.17, 15) is 9.59 Å². The number of carbonyl (C=O) groups excluding carboxylic acids is 2. The topological polar surface area (TPSA) is 102 Å². The summed E-state index contributed by atoms with van der Waals surface area (Å²) in [6, 6.07) is 8.89. The number of rotatable bonds is 13. The Morgan fingerprint density at radius 2 is 1.83 bits per heavy atom. The lowest BCUT2D eigenvalue weighted by atomic mass is 10.1. The quantitative estimate of drug-likeness (QED) is 0.463. The maximum atomic E-state index is 11.9. The predicted molar refractivity (Wildman–Crippen MR) is 92.5 cm³/mol. The Morgan fingerprint density at radius 3 is 2.54 bits per heavy atom. The minimum atomic E-state index is -0.653. The Hall–Kier alpha value is -1.76. The molecular weight excluding hydrogens is 308 g/mol. The molecule has 0 saturated carbocycles. The van der Waals surface area contributed by atoms with Crippen molar-refractivity contribution in [3.8, 4) is 0 Å². The molecule has 6 nitrogen and oxygen atoms in total. The highest BCUT2D eigenvalue weighted by Gasteiger charge is 2.14. The minimum Gasteiger partial charge on any atom is -0.396 e. The van der Waals surface area contributed by atoms with Gasteiger partial charge in [0.15, 0.2) is 5.78 Å². The molecule has 4 N–H and O–H groups in total. The average molecular weight is 336 g/mol. The van der Waals surface area contributed by atoms with Crippen molar-refractivity contribution in [2.75, 3.05) is 26.4 Å². The van der Waals surface area contributed by atoms with Gasteiger partial charge >= 0.3 is 0 Å². The summed E-state index contributed by atoms with van der Waals surface area (Å²) in [5.74, 6) is -0.315. The molecule has 6 heteroatoms. The van der Waals surface area contributed by atoms with E-state index < -0.39 is 6.04 Å². The van der Waals surface area contributed by atoms with E-state index >= 15 is 0 Å². The number of nitrogens with one attached hydrogen (secondary N) is 1. The monoisotopic (exact) mass is 336 g/mol. The Morgan fingerprint density at radius 1 is 1.12 bits per heavy atom. The fourth-order valence-corrected chi connectivity index (χ4v) is 2.16. The molecule has 0 spiro atoms. The average Bonchev–Trinajstić information content (AvgIpc) is 2.59. The van der Waals surface area contributed by atoms with Crippen molar-refractivity contribution in [3.05, 3.63) is 35.9 Å². The number of benzene rings is 1. The molecule has 0 aromatic heterocycles. The van der Waals surface area contributed by atoms with Crippen molar-refractivity contribution < 1.29 is 19.4 Å². The van der Waals surface area contributed by atoms with Gasteiger partial charge in [-0.25, -0.2) is 0 Å². The first-order chi connectivity index (χ1) is 11.6. The van der Waals surface area contributed by atoms with Crippen LogP contribution in [0.5, 0.6) is 0 Å². The van der Waals surface area contributed by atoms with Gasteiger partial charge in [0.25, 0.3) is 0 Å². The van der Waals surface area contributed by atoms with E-state index in [1.54, 1.807) is 0 Å². The molecule has 0 saturated heterocycles. The number of ether oxygens (including phenoxy) is 1. The van der Waals surface area contributed by atoms with E-state index in [4.69, 9.17) is 15.6 Å². The molecule has 134 valence electrons. The highest BCUT2D eigenvalue weighted by Crippen LogP contribution is 2.02. The highest BCUT2D eigenvalue weighted by atomic mass is 16.5. The molecule has 1 aromatic carbocycles. The van der Waals surface area contributed by atoms with Gasteiger partial charge in [-0.15, -0.1) is 0 Å². The molecular formula is C18H28N2O4. The van der Waals surface area contributed by atoms with Crippen LogP contribution >= 0.6 is 0 Å². The van der Waals surface area contributed by atoms with Crippen molar-refractivity contribution in [1.29, 1.82) is 0 Å². The minimum absolute atomic E-state index is 0.00869. The Labute approximate surface area is 143 Å². The van der Waals surface area contributed by atoms with Crippen LogP contribution in [0.15, 0.2) is 30.3 Å². The molecule has 0 fully saturated rings. The van der Waals surface area contributed by atoms with Gasteiger partial charge in [-0.1, -0.05) is 30.3 Å². The van der Waals surface area contributed by atoms with E-state index in [-0.39, 0.29) is 24.8 Å². The number of unbranched alkanes of at least 4 members (excludes halogenated alkanes) is 1. The van der Waals surface area contributed by atoms with Gasteiger partial charge in [0.2, 0.25) is 5.91 Å². The molecule has 1 unspecified atom stereocenters. The highest BCUT2D eigenvalue weighted by molar-refractivity contribution is 5.88. The molecule has 1 atom stereocenters. The summed E-state index contributed by atoms with van der Waals surface area (Å²) in [5, 5.41) is 11.2. The van der Waals surface area contributed by atoms with Gasteiger partial charge in [-0.3, -0.25) is 9.59 Å². The summed E-state index contributed by atoms with van der Waals surface area (Å²) in [7, 11) is 0. The normalized spacial score (nSPS) is 11.9. The van der Waals surface area contributed by atoms with Crippen LogP contribution in [0.3, 0.4) is 0 Å². The van der Waals surface area contributed by atoms with Crippen LogP contribution in [0.25, 0.3) is 0 Å². The molecule has 0 aliphatic heterocycles. The van der Waals surface area contributed by atoms with E-state index in [1.165, 1.54) is 0 Å². The zero-order valence-corrected chi connectivity index (χ0v) is 14.1. The van der Waals surface area contributed by atoms with Gasteiger partial charge in [-0.05, 0) is 31.2 Å². The first-order valence-electron chi connectivity index (χ1n) is 8.41. The molecule has 0 aliphatic rings. The third kappa shape index (κ3) is 9.39. The van der Waals surface area contributed by atoms with E-state index in [2.05, 4.69) is 5.32 Å². The van der Waals surface area contributed by atoms with Crippen molar-refractivity contribution in [2.45, 2.75) is 38.1 Å². The number of hydrogen-bond donors (Lipinski definition) is 3. The molecule has 24 heavy (non-hydrogen) atoms. The lowest BCUT2D eigenvalue weighted by Crippen LogP contribution is -2.43. The summed E-state index contributed by atoms with van der Waals surface area (Å²) >= 11 is 0. The first kappa shape index (κ1) is 20.3. The predicted octanol–water partition coefficient (Wildman–Crippen LogP) is 0.811. The van der Waals surface area contributed by atoms with Gasteiger partial charge in [-0.2, -0.15) is 0 Å². The molecule has 1 rings (SSSR count). The van der Waals surface area contributed by atoms with Crippen LogP contribution in [0.4, 0.5) is 0 Å². The third-order valence-corrected chi connectivity index (χ3v) is 3.54. The van der Waals surface area contributed by atoms with Gasteiger partial charge < -0.3 is 20.9 Å². The van der Waals surface area contributed by atoms with Crippen LogP contribution < -0.4 is 11.1 Å². The maximum Gasteiger partial charge on any atom is 0.237 e. The number of amides is 1. The van der Waals surface area contributed by atoms with Crippen LogP contribution in [0, 0.1) is 0 Å². The van der Waals surface area contributed by atoms with Gasteiger partial charge in [0.1, 0.15) is 0 Å². The Bertz CT molecular complexity index is 479. The van der Waals surface area contributed by atoms with Crippen molar-refractivity contribution >= 4 is 11.7 Å². The molecule has 1 amide bonds. The van der Waals surface area contributed by atoms with Crippen molar-refractivity contribution in [2.24, 2.45) is 5.73 Å². The number of ketones is 1. The number of hydrogen-bond acceptors (Lipinski definition) is 5. The standard InChI is InChI=1S/C18H28N2O4/c19-17(13-15-7-2-1-3-8-15)18(23)20-14-16(22)9-4-5-11-24-12-6-10-21/h1-3,7-8,17,21H,4-6,9-14,19H2,(H,20,23). The maximum absolute atomic E-state index is 11.9. The zero-order chi connectivity index (χ0) is 17.6. The number of aliphatic hydroxyl groups excluding tert-OH is 1. The number of Topliss-reactive ketones (excluding diaryl/α,β-unsaturated/α-hetero) is 1. The van der Waals surface area contributed by atoms with Crippen molar-refractivity contribution in [3.63, 3.8) is 0 Å². The summed E-state index contributed by atoms with van der Waals surface area (Å²) in [5.41, 5.74) is 6.85. The molecule has 0 radical (unpaired) electrons. The first-order valence-corrected chi connectivity index (χ1v) is 8.41. The second-order valence-electron chi connectivity index (χ2n) is 5.70. The largest absolute Gasteiger partial charge is 0.396 e. The second-order valence-corrected chi connectivity index (χ2v) is 5.70. The molecule has 0 bridgehead atoms.